The summed E-state index contributed by atoms with van der Waals surface area (Å²) in [4.78, 5) is 37.5. The van der Waals surface area contributed by atoms with Crippen molar-refractivity contribution in [1.82, 2.24) is 4.90 Å². The van der Waals surface area contributed by atoms with Crippen molar-refractivity contribution >= 4 is 29.3 Å². The monoisotopic (exact) mass is 393 g/mol. The number of nitrogens with zero attached hydrogens (tertiary/aromatic N) is 1. The third-order valence-corrected chi connectivity index (χ3v) is 3.94. The molecule has 0 atom stereocenters. The van der Waals surface area contributed by atoms with Crippen LogP contribution < -0.4 is 15.4 Å². The van der Waals surface area contributed by atoms with E-state index in [4.69, 9.17) is 19.3 Å². The lowest BCUT2D eigenvalue weighted by Crippen LogP contribution is -2.31. The fourth-order valence-corrected chi connectivity index (χ4v) is 2.64. The van der Waals surface area contributed by atoms with E-state index in [2.05, 4.69) is 10.6 Å². The van der Waals surface area contributed by atoms with Gasteiger partial charge in [-0.05, 0) is 19.1 Å². The van der Waals surface area contributed by atoms with Crippen LogP contribution >= 0.6 is 0 Å². The molecule has 152 valence electrons. The molecule has 0 aliphatic carbocycles. The molecule has 1 aliphatic heterocycles. The van der Waals surface area contributed by atoms with Gasteiger partial charge in [0.1, 0.15) is 11.4 Å². The van der Waals surface area contributed by atoms with Crippen molar-refractivity contribution in [1.29, 1.82) is 0 Å². The quantitative estimate of drug-likeness (QED) is 0.557. The van der Waals surface area contributed by atoms with Gasteiger partial charge < -0.3 is 29.5 Å². The van der Waals surface area contributed by atoms with Crippen molar-refractivity contribution in [3.05, 3.63) is 29.5 Å². The number of amides is 2. The summed E-state index contributed by atoms with van der Waals surface area (Å²) in [7, 11) is 2.66. The number of benzene rings is 1. The number of methoxy groups -OCH3 is 2. The molecule has 0 radical (unpaired) electrons. The van der Waals surface area contributed by atoms with Gasteiger partial charge in [0.15, 0.2) is 0 Å². The summed E-state index contributed by atoms with van der Waals surface area (Å²) < 4.78 is 14.8. The van der Waals surface area contributed by atoms with Gasteiger partial charge in [-0.2, -0.15) is 0 Å². The first kappa shape index (κ1) is 21.0. The van der Waals surface area contributed by atoms with E-state index in [1.807, 2.05) is 0 Å². The molecule has 1 aromatic rings. The van der Waals surface area contributed by atoms with Crippen LogP contribution in [0.15, 0.2) is 29.5 Å². The molecule has 0 unspecified atom stereocenters. The Kier molecular flexibility index (Phi) is 7.21. The van der Waals surface area contributed by atoms with E-state index in [1.165, 1.54) is 19.1 Å². The molecule has 0 spiro atoms. The van der Waals surface area contributed by atoms with Gasteiger partial charge in [0.25, 0.3) is 5.91 Å². The van der Waals surface area contributed by atoms with E-state index < -0.39 is 18.0 Å². The third-order valence-electron chi connectivity index (χ3n) is 3.94. The Morgan fingerprint density at radius 2 is 2.04 bits per heavy atom. The van der Waals surface area contributed by atoms with Crippen LogP contribution in [0.2, 0.25) is 0 Å². The zero-order valence-electron chi connectivity index (χ0n) is 15.9. The smallest absolute Gasteiger partial charge is 0.411 e. The zero-order valence-corrected chi connectivity index (χ0v) is 15.9. The van der Waals surface area contributed by atoms with Gasteiger partial charge in [-0.15, -0.1) is 0 Å². The zero-order chi connectivity index (χ0) is 20.7. The maximum absolute atomic E-state index is 12.6. The fourth-order valence-electron chi connectivity index (χ4n) is 2.64. The minimum absolute atomic E-state index is 0.0357. The number of hydrogen-bond donors (Lipinski definition) is 3. The van der Waals surface area contributed by atoms with E-state index in [1.54, 1.807) is 25.1 Å². The van der Waals surface area contributed by atoms with Gasteiger partial charge in [-0.25, -0.2) is 9.59 Å². The molecular weight excluding hydrogens is 370 g/mol. The summed E-state index contributed by atoms with van der Waals surface area (Å²) in [6.07, 6.45) is -0.622. The van der Waals surface area contributed by atoms with Crippen LogP contribution in [0.3, 0.4) is 0 Å². The van der Waals surface area contributed by atoms with Crippen LogP contribution in [0.4, 0.5) is 16.2 Å². The predicted molar refractivity (Wildman–Crippen MR) is 100.0 cm³/mol. The standard InChI is InChI=1S/C18H23N3O7/c1-4-28-18(25)20-13-6-5-11(9-14(13)26-2)19-15-12(17(24)27-3)10-21(7-8-22)16(15)23/h5-6,9,19,22H,4,7-8,10H2,1-3H3,(H,20,25). The maximum Gasteiger partial charge on any atom is 0.411 e. The second-order valence-electron chi connectivity index (χ2n) is 5.68. The second kappa shape index (κ2) is 9.60. The number of carbonyl (C=O) groups is 3. The molecule has 0 bridgehead atoms. The van der Waals surface area contributed by atoms with Crippen LogP contribution in [-0.4, -0.2) is 68.5 Å². The number of esters is 1. The molecule has 0 saturated carbocycles. The van der Waals surface area contributed by atoms with Gasteiger partial charge >= 0.3 is 12.1 Å². The number of carbonyl (C=O) groups excluding carboxylic acids is 3. The average molecular weight is 393 g/mol. The fraction of sp³-hybridized carbons (Fsp3) is 0.389. The van der Waals surface area contributed by atoms with E-state index in [-0.39, 0.29) is 37.6 Å². The molecule has 0 fully saturated rings. The number of nitrogens with one attached hydrogen (secondary N) is 2. The van der Waals surface area contributed by atoms with Crippen molar-refractivity contribution in [2.75, 3.05) is 51.2 Å². The molecule has 2 amide bonds. The summed E-state index contributed by atoms with van der Waals surface area (Å²) in [6.45, 7) is 1.82. The highest BCUT2D eigenvalue weighted by molar-refractivity contribution is 6.08. The largest absolute Gasteiger partial charge is 0.494 e. The molecule has 10 heteroatoms. The molecular formula is C18H23N3O7. The van der Waals surface area contributed by atoms with E-state index in [9.17, 15) is 14.4 Å². The minimum Gasteiger partial charge on any atom is -0.494 e. The number of ether oxygens (including phenoxy) is 3. The minimum atomic E-state index is -0.635. The number of aliphatic hydroxyl groups excluding tert-OH is 1. The van der Waals surface area contributed by atoms with E-state index in [0.29, 0.717) is 17.1 Å². The first-order chi connectivity index (χ1) is 13.4. The first-order valence-electron chi connectivity index (χ1n) is 8.55. The maximum atomic E-state index is 12.6. The van der Waals surface area contributed by atoms with Crippen LogP contribution in [0.25, 0.3) is 0 Å². The van der Waals surface area contributed by atoms with Crippen LogP contribution in [0.5, 0.6) is 5.75 Å². The highest BCUT2D eigenvalue weighted by atomic mass is 16.5. The number of rotatable bonds is 8. The SMILES string of the molecule is CCOC(=O)Nc1ccc(NC2=C(C(=O)OC)CN(CCO)C2=O)cc1OC. The highest BCUT2D eigenvalue weighted by Crippen LogP contribution is 2.30. The van der Waals surface area contributed by atoms with Crippen LogP contribution in [0.1, 0.15) is 6.92 Å². The van der Waals surface area contributed by atoms with Crippen molar-refractivity contribution in [3.63, 3.8) is 0 Å². The van der Waals surface area contributed by atoms with Gasteiger partial charge in [0, 0.05) is 18.3 Å². The molecule has 0 aromatic heterocycles. The number of hydrogen-bond acceptors (Lipinski definition) is 8. The Bertz CT molecular complexity index is 791. The molecule has 2 rings (SSSR count). The number of anilines is 2. The Balaban J connectivity index is 2.28. The van der Waals surface area contributed by atoms with E-state index in [0.717, 1.165) is 0 Å². The van der Waals surface area contributed by atoms with Crippen molar-refractivity contribution < 1.29 is 33.7 Å². The summed E-state index contributed by atoms with van der Waals surface area (Å²) in [5, 5.41) is 14.6. The summed E-state index contributed by atoms with van der Waals surface area (Å²) in [6, 6.07) is 4.74. The van der Waals surface area contributed by atoms with E-state index >= 15 is 0 Å². The molecule has 1 heterocycles. The Morgan fingerprint density at radius 3 is 2.64 bits per heavy atom. The lowest BCUT2D eigenvalue weighted by molar-refractivity contribution is -0.136. The number of β-amino-alcohol motifs (C(OH)–C–C–N with tert-alkyl or cyclic N) is 1. The average Bonchev–Trinajstić information content (AvgIpc) is 2.98. The Morgan fingerprint density at radius 1 is 1.29 bits per heavy atom. The van der Waals surface area contributed by atoms with Gasteiger partial charge in [-0.3, -0.25) is 10.1 Å². The molecule has 10 nitrogen and oxygen atoms in total. The summed E-state index contributed by atoms with van der Waals surface area (Å²) >= 11 is 0. The predicted octanol–water partition coefficient (Wildman–Crippen LogP) is 0.937. The molecule has 1 aromatic carbocycles. The molecule has 0 saturated heterocycles. The van der Waals surface area contributed by atoms with Crippen molar-refractivity contribution in [3.8, 4) is 5.75 Å². The third kappa shape index (κ3) is 4.71. The highest BCUT2D eigenvalue weighted by Gasteiger charge is 2.34. The van der Waals surface area contributed by atoms with Crippen molar-refractivity contribution in [2.45, 2.75) is 6.92 Å². The summed E-state index contributed by atoms with van der Waals surface area (Å²) in [5.74, 6) is -0.734. The first-order valence-corrected chi connectivity index (χ1v) is 8.55. The normalized spacial score (nSPS) is 13.4. The Labute approximate surface area is 162 Å². The lowest BCUT2D eigenvalue weighted by atomic mass is 10.2. The van der Waals surface area contributed by atoms with Crippen LogP contribution in [-0.2, 0) is 19.1 Å². The second-order valence-corrected chi connectivity index (χ2v) is 5.68. The number of aliphatic hydroxyl groups is 1. The summed E-state index contributed by atoms with van der Waals surface area (Å²) in [5.41, 5.74) is 1.07. The van der Waals surface area contributed by atoms with Gasteiger partial charge in [-0.1, -0.05) is 0 Å². The Hall–Kier alpha value is -3.27. The topological polar surface area (TPSA) is 126 Å². The molecule has 1 aliphatic rings. The van der Waals surface area contributed by atoms with Crippen LogP contribution in [0, 0.1) is 0 Å². The van der Waals surface area contributed by atoms with Gasteiger partial charge in [0.05, 0.1) is 45.2 Å². The van der Waals surface area contributed by atoms with Crippen molar-refractivity contribution in [2.24, 2.45) is 0 Å². The molecule has 28 heavy (non-hydrogen) atoms. The molecule has 3 N–H and O–H groups in total. The van der Waals surface area contributed by atoms with Gasteiger partial charge in [0.2, 0.25) is 0 Å². The lowest BCUT2D eigenvalue weighted by Gasteiger charge is -2.16.